The molecule has 2 unspecified atom stereocenters. The Morgan fingerprint density at radius 1 is 1.60 bits per heavy atom. The van der Waals surface area contributed by atoms with Gasteiger partial charge in [0.2, 0.25) is 0 Å². The summed E-state index contributed by atoms with van der Waals surface area (Å²) in [5.41, 5.74) is 5.16. The van der Waals surface area contributed by atoms with Crippen LogP contribution in [0.15, 0.2) is 0 Å². The van der Waals surface area contributed by atoms with Crippen molar-refractivity contribution >= 4 is 51.7 Å². The Labute approximate surface area is 108 Å². The predicted octanol–water partition coefficient (Wildman–Crippen LogP) is -3.15. The van der Waals surface area contributed by atoms with E-state index in [-0.39, 0.29) is 33.9 Å². The number of carbonyl (C=O) groups is 2. The van der Waals surface area contributed by atoms with E-state index in [2.05, 4.69) is 4.74 Å². The summed E-state index contributed by atoms with van der Waals surface area (Å²) < 4.78 is 33.9. The maximum atomic E-state index is 10.9. The monoisotopic (exact) mass is 248 g/mol. The fourth-order valence-electron chi connectivity index (χ4n) is 1.10. The van der Waals surface area contributed by atoms with Gasteiger partial charge in [0.15, 0.2) is 6.04 Å². The number of methoxy groups -OCH3 is 1. The molecule has 8 nitrogen and oxygen atoms in total. The molecule has 2 atom stereocenters. The molecule has 1 rings (SSSR count). The number of esters is 1. The van der Waals surface area contributed by atoms with Crippen LogP contribution in [-0.4, -0.2) is 77.9 Å². The fraction of sp³-hybridized carbons (Fsp3) is 0.600. The molecular weight excluding hydrogens is 239 g/mol. The van der Waals surface area contributed by atoms with E-state index < -0.39 is 34.3 Å². The van der Waals surface area contributed by atoms with Gasteiger partial charge in [-0.2, -0.15) is 12.7 Å². The van der Waals surface area contributed by atoms with E-state index in [0.717, 1.165) is 7.11 Å². The number of hydrogen-bond donors (Lipinski definition) is 2. The second-order valence-electron chi connectivity index (χ2n) is 2.61. The van der Waals surface area contributed by atoms with Gasteiger partial charge < -0.3 is 10.5 Å². The van der Waals surface area contributed by atoms with Crippen molar-refractivity contribution in [2.45, 2.75) is 12.1 Å². The van der Waals surface area contributed by atoms with Crippen LogP contribution >= 0.6 is 0 Å². The molecule has 0 saturated carbocycles. The molecule has 0 aromatic rings. The molecule has 15 heavy (non-hydrogen) atoms. The molecule has 1 amide bonds. The number of hydrogen-bond acceptors (Lipinski definition) is 6. The molecule has 1 heterocycles. The summed E-state index contributed by atoms with van der Waals surface area (Å²) in [6.45, 7) is 0. The average Bonchev–Trinajstić information content (AvgIpc) is 2.09. The number of nitrogens with zero attached hydrogens (tertiary/aromatic N) is 1. The van der Waals surface area contributed by atoms with Crippen LogP contribution in [0.4, 0.5) is 0 Å². The third-order valence-electron chi connectivity index (χ3n) is 1.79. The van der Waals surface area contributed by atoms with E-state index in [1.165, 1.54) is 0 Å². The number of carbonyl (C=O) groups excluding carboxylic acids is 2. The Hall–Kier alpha value is -0.190. The molecule has 1 aliphatic heterocycles. The Bertz CT molecular complexity index is 381. The van der Waals surface area contributed by atoms with Crippen molar-refractivity contribution in [2.75, 3.05) is 7.11 Å². The van der Waals surface area contributed by atoms with E-state index in [1.807, 2.05) is 0 Å². The summed E-state index contributed by atoms with van der Waals surface area (Å²) in [5.74, 6) is -2.03. The van der Waals surface area contributed by atoms with Gasteiger partial charge in [-0.1, -0.05) is 0 Å². The summed E-state index contributed by atoms with van der Waals surface area (Å²) in [6, 6.07) is -2.76. The van der Waals surface area contributed by atoms with E-state index in [4.69, 9.17) is 10.3 Å². The van der Waals surface area contributed by atoms with Crippen LogP contribution < -0.4 is 5.73 Å². The quantitative estimate of drug-likeness (QED) is 0.228. The molecule has 1 fully saturated rings. The molecule has 0 spiro atoms. The van der Waals surface area contributed by atoms with E-state index in [9.17, 15) is 18.0 Å². The minimum atomic E-state index is -4.75. The first kappa shape index (κ1) is 14.8. The second-order valence-corrected chi connectivity index (χ2v) is 3.89. The molecule has 1 saturated heterocycles. The Balaban J connectivity index is 0.00000196. The molecule has 3 N–H and O–H groups in total. The fourth-order valence-corrected chi connectivity index (χ4v) is 1.96. The van der Waals surface area contributed by atoms with Crippen molar-refractivity contribution in [1.29, 1.82) is 0 Å². The van der Waals surface area contributed by atoms with Gasteiger partial charge in [0.05, 0.1) is 7.11 Å². The zero-order valence-electron chi connectivity index (χ0n) is 7.08. The van der Waals surface area contributed by atoms with Crippen molar-refractivity contribution in [2.24, 2.45) is 5.73 Å². The molecule has 10 heteroatoms. The normalized spacial score (nSPS) is 25.3. The molecule has 0 aromatic carbocycles. The Morgan fingerprint density at radius 2 is 2.07 bits per heavy atom. The van der Waals surface area contributed by atoms with Crippen LogP contribution in [0.25, 0.3) is 0 Å². The topological polar surface area (TPSA) is 127 Å². The zero-order chi connectivity index (χ0) is 11.1. The summed E-state index contributed by atoms with van der Waals surface area (Å²) in [7, 11) is -3.74. The molecule has 0 bridgehead atoms. The Morgan fingerprint density at radius 3 is 2.40 bits per heavy atom. The van der Waals surface area contributed by atoms with Crippen molar-refractivity contribution in [3.05, 3.63) is 0 Å². The first-order valence-corrected chi connectivity index (χ1v) is 4.84. The third-order valence-corrected chi connectivity index (χ3v) is 2.69. The van der Waals surface area contributed by atoms with Crippen molar-refractivity contribution in [1.82, 2.24) is 4.31 Å². The number of amides is 1. The van der Waals surface area contributed by atoms with Crippen LogP contribution in [0.5, 0.6) is 0 Å². The number of ether oxygens (including phenoxy) is 1. The van der Waals surface area contributed by atoms with Gasteiger partial charge in [0, 0.05) is 0 Å². The van der Waals surface area contributed by atoms with Crippen LogP contribution in [0.2, 0.25) is 0 Å². The van der Waals surface area contributed by atoms with E-state index in [1.54, 1.807) is 0 Å². The van der Waals surface area contributed by atoms with Crippen LogP contribution in [0.1, 0.15) is 0 Å². The number of nitrogens with two attached hydrogens (primary N) is 1. The van der Waals surface area contributed by atoms with Gasteiger partial charge in [-0.15, -0.1) is 0 Å². The van der Waals surface area contributed by atoms with Gasteiger partial charge in [-0.3, -0.25) is 9.35 Å². The summed E-state index contributed by atoms with van der Waals surface area (Å²) in [4.78, 5) is 21.8. The SMILES string of the molecule is COC(=O)C1C(N)C(=O)N1S(=O)(=O)O.[NaH]. The first-order chi connectivity index (χ1) is 6.30. The minimum absolute atomic E-state index is 0. The molecular formula is C5H9N2NaO6S. The first-order valence-electron chi connectivity index (χ1n) is 3.44. The standard InChI is InChI=1S/C5H8N2O6S.Na.H/c1-13-5(9)3-2(6)4(8)7(3)14(10,11)12;;/h2-3H,6H2,1H3,(H,10,11,12);;. The average molecular weight is 248 g/mol. The summed E-state index contributed by atoms with van der Waals surface area (Å²) >= 11 is 0. The third kappa shape index (κ3) is 2.49. The van der Waals surface area contributed by atoms with Crippen molar-refractivity contribution < 1.29 is 27.3 Å². The second kappa shape index (κ2) is 4.76. The van der Waals surface area contributed by atoms with Gasteiger partial charge in [0.1, 0.15) is 6.04 Å². The van der Waals surface area contributed by atoms with E-state index >= 15 is 0 Å². The summed E-state index contributed by atoms with van der Waals surface area (Å²) in [6.07, 6.45) is 0. The molecule has 0 aromatic heterocycles. The van der Waals surface area contributed by atoms with Gasteiger partial charge in [-0.05, 0) is 0 Å². The van der Waals surface area contributed by atoms with E-state index in [0.29, 0.717) is 0 Å². The molecule has 0 radical (unpaired) electrons. The molecule has 1 aliphatic rings. The van der Waals surface area contributed by atoms with Crippen molar-refractivity contribution in [3.63, 3.8) is 0 Å². The van der Waals surface area contributed by atoms with Gasteiger partial charge >= 0.3 is 45.8 Å². The van der Waals surface area contributed by atoms with Crippen molar-refractivity contribution in [3.8, 4) is 0 Å². The predicted molar refractivity (Wildman–Crippen MR) is 49.3 cm³/mol. The molecule has 82 valence electrons. The van der Waals surface area contributed by atoms with Gasteiger partial charge in [-0.25, -0.2) is 4.79 Å². The molecule has 0 aliphatic carbocycles. The van der Waals surface area contributed by atoms with Gasteiger partial charge in [0.25, 0.3) is 5.91 Å². The Kier molecular flexibility index (Phi) is 4.70. The summed E-state index contributed by atoms with van der Waals surface area (Å²) in [5, 5.41) is 0. The number of β-lactam (4-membered cyclic amide) rings is 1. The number of rotatable bonds is 2. The van der Waals surface area contributed by atoms with Crippen LogP contribution in [-0.2, 0) is 24.6 Å². The van der Waals surface area contributed by atoms with Crippen LogP contribution in [0, 0.1) is 0 Å². The van der Waals surface area contributed by atoms with Crippen LogP contribution in [0.3, 0.4) is 0 Å². The maximum absolute atomic E-state index is 10.9. The zero-order valence-corrected chi connectivity index (χ0v) is 7.89.